The maximum absolute atomic E-state index is 2.42. The Morgan fingerprint density at radius 2 is 1.00 bits per heavy atom. The van der Waals surface area contributed by atoms with Crippen LogP contribution in [0.15, 0.2) is 103 Å². The highest BCUT2D eigenvalue weighted by Crippen LogP contribution is 2.55. The van der Waals surface area contributed by atoms with Gasteiger partial charge in [0.2, 0.25) is 0 Å². The highest BCUT2D eigenvalue weighted by atomic mass is 31.2. The van der Waals surface area contributed by atoms with Gasteiger partial charge in [-0.15, -0.1) is 0 Å². The van der Waals surface area contributed by atoms with Gasteiger partial charge in [-0.1, -0.05) is 86.5 Å². The molecule has 0 saturated carbocycles. The highest BCUT2D eigenvalue weighted by molar-refractivity contribution is 7.95. The van der Waals surface area contributed by atoms with E-state index in [4.69, 9.17) is 0 Å². The summed E-state index contributed by atoms with van der Waals surface area (Å²) in [6, 6.07) is 33.5. The van der Waals surface area contributed by atoms with Gasteiger partial charge in [0, 0.05) is 6.42 Å². The fraction of sp³-hybridized carbons (Fsp3) is 0.259. The first-order chi connectivity index (χ1) is 13.9. The van der Waals surface area contributed by atoms with E-state index in [-0.39, 0.29) is 0 Å². The van der Waals surface area contributed by atoms with Gasteiger partial charge in [-0.2, -0.15) is 0 Å². The molecule has 144 valence electrons. The summed E-state index contributed by atoms with van der Waals surface area (Å²) in [5, 5.41) is 4.44. The molecule has 0 nitrogen and oxygen atoms in total. The zero-order valence-electron chi connectivity index (χ0n) is 17.0. The Kier molecular flexibility index (Phi) is 8.07. The molecule has 0 spiro atoms. The predicted molar refractivity (Wildman–Crippen MR) is 128 cm³/mol. The molecule has 1 heteroatoms. The van der Waals surface area contributed by atoms with Crippen molar-refractivity contribution >= 4 is 23.2 Å². The van der Waals surface area contributed by atoms with Crippen LogP contribution in [-0.4, -0.2) is 6.16 Å². The van der Waals surface area contributed by atoms with E-state index in [9.17, 15) is 0 Å². The van der Waals surface area contributed by atoms with Crippen LogP contribution in [0.25, 0.3) is 0 Å². The van der Waals surface area contributed by atoms with Crippen molar-refractivity contribution in [2.24, 2.45) is 0 Å². The lowest BCUT2D eigenvalue weighted by atomic mass is 10.2. The van der Waals surface area contributed by atoms with Crippen LogP contribution in [0.2, 0.25) is 0 Å². The van der Waals surface area contributed by atoms with Crippen LogP contribution in [-0.2, 0) is 0 Å². The number of rotatable bonds is 10. The van der Waals surface area contributed by atoms with Gasteiger partial charge in [-0.05, 0) is 49.2 Å². The molecule has 0 saturated heterocycles. The fourth-order valence-electron chi connectivity index (χ4n) is 3.90. The van der Waals surface area contributed by atoms with E-state index in [1.165, 1.54) is 47.8 Å². The van der Waals surface area contributed by atoms with Crippen LogP contribution in [0.4, 0.5) is 0 Å². The van der Waals surface area contributed by atoms with Gasteiger partial charge in [-0.3, -0.25) is 0 Å². The predicted octanol–water partition coefficient (Wildman–Crippen LogP) is 6.51. The minimum absolute atomic E-state index is 1.12. The summed E-state index contributed by atoms with van der Waals surface area (Å²) in [6.45, 7) is 2.27. The summed E-state index contributed by atoms with van der Waals surface area (Å²) in [5.74, 6) is 0. The van der Waals surface area contributed by atoms with Gasteiger partial charge in [-0.25, -0.2) is 0 Å². The van der Waals surface area contributed by atoms with Gasteiger partial charge in [0.25, 0.3) is 0 Å². The number of hydrogen-bond donors (Lipinski definition) is 0. The Morgan fingerprint density at radius 3 is 1.43 bits per heavy atom. The monoisotopic (exact) mass is 387 g/mol. The molecule has 0 aromatic heterocycles. The van der Waals surface area contributed by atoms with Crippen molar-refractivity contribution < 1.29 is 0 Å². The molecule has 3 aromatic rings. The van der Waals surface area contributed by atoms with Gasteiger partial charge < -0.3 is 0 Å². The summed E-state index contributed by atoms with van der Waals surface area (Å²) in [5.41, 5.74) is 0. The zero-order chi connectivity index (χ0) is 19.5. The Hall–Kier alpha value is -2.17. The molecule has 0 bridgehead atoms. The lowest BCUT2D eigenvalue weighted by Crippen LogP contribution is -2.33. The maximum Gasteiger partial charge on any atom is 0.112 e. The Morgan fingerprint density at radius 1 is 0.571 bits per heavy atom. The topological polar surface area (TPSA) is 0 Å². The Labute approximate surface area is 171 Å². The minimum atomic E-state index is -1.67. The van der Waals surface area contributed by atoms with Crippen molar-refractivity contribution in [2.75, 3.05) is 6.16 Å². The van der Waals surface area contributed by atoms with E-state index < -0.39 is 7.26 Å². The van der Waals surface area contributed by atoms with Crippen LogP contribution in [0.3, 0.4) is 0 Å². The van der Waals surface area contributed by atoms with Gasteiger partial charge in [0.05, 0.1) is 6.16 Å². The molecule has 0 unspecified atom stereocenters. The largest absolute Gasteiger partial charge is 0.112 e. The SMILES string of the molecule is CCCCC/C=C/CC[P+](c1ccccc1)(c1ccccc1)c1ccccc1. The van der Waals surface area contributed by atoms with Gasteiger partial charge >= 0.3 is 0 Å². The molecule has 0 amide bonds. The Balaban J connectivity index is 1.97. The van der Waals surface area contributed by atoms with Crippen LogP contribution in [0.1, 0.15) is 39.0 Å². The van der Waals surface area contributed by atoms with E-state index in [1.54, 1.807) is 0 Å². The molecule has 3 aromatic carbocycles. The summed E-state index contributed by atoms with van der Waals surface area (Å²) in [6.07, 6.45) is 12.3. The summed E-state index contributed by atoms with van der Waals surface area (Å²) >= 11 is 0. The first-order valence-corrected chi connectivity index (χ1v) is 12.6. The number of hydrogen-bond acceptors (Lipinski definition) is 0. The van der Waals surface area contributed by atoms with E-state index in [1.807, 2.05) is 0 Å². The summed E-state index contributed by atoms with van der Waals surface area (Å²) in [7, 11) is -1.67. The number of unbranched alkanes of at least 4 members (excludes halogenated alkanes) is 3. The molecule has 0 N–H and O–H groups in total. The van der Waals surface area contributed by atoms with Crippen molar-refractivity contribution in [3.8, 4) is 0 Å². The second kappa shape index (κ2) is 11.0. The maximum atomic E-state index is 2.42. The zero-order valence-corrected chi connectivity index (χ0v) is 17.9. The van der Waals surface area contributed by atoms with Gasteiger partial charge in [0.15, 0.2) is 0 Å². The minimum Gasteiger partial charge on any atom is -0.0884 e. The average Bonchev–Trinajstić information content (AvgIpc) is 2.78. The Bertz CT molecular complexity index is 725. The van der Waals surface area contributed by atoms with Crippen molar-refractivity contribution in [2.45, 2.75) is 39.0 Å². The summed E-state index contributed by atoms with van der Waals surface area (Å²) < 4.78 is 0. The molecule has 0 radical (unpaired) electrons. The lowest BCUT2D eigenvalue weighted by Gasteiger charge is -2.27. The van der Waals surface area contributed by atoms with Crippen molar-refractivity contribution in [1.29, 1.82) is 0 Å². The van der Waals surface area contributed by atoms with Crippen molar-refractivity contribution in [3.05, 3.63) is 103 Å². The molecule has 28 heavy (non-hydrogen) atoms. The smallest absolute Gasteiger partial charge is 0.0884 e. The fourth-order valence-corrected chi connectivity index (χ4v) is 8.15. The molecule has 3 rings (SSSR count). The summed E-state index contributed by atoms with van der Waals surface area (Å²) in [4.78, 5) is 0. The molecule has 0 heterocycles. The molecular formula is C27H32P+. The van der Waals surface area contributed by atoms with Crippen molar-refractivity contribution in [3.63, 3.8) is 0 Å². The van der Waals surface area contributed by atoms with E-state index in [0.717, 1.165) is 6.42 Å². The first kappa shape index (κ1) is 20.6. The van der Waals surface area contributed by atoms with E-state index in [0.29, 0.717) is 0 Å². The third-order valence-electron chi connectivity index (χ3n) is 5.36. The van der Waals surface area contributed by atoms with Crippen molar-refractivity contribution in [1.82, 2.24) is 0 Å². The van der Waals surface area contributed by atoms with E-state index >= 15 is 0 Å². The molecule has 0 aliphatic heterocycles. The first-order valence-electron chi connectivity index (χ1n) is 10.6. The number of benzene rings is 3. The van der Waals surface area contributed by atoms with Crippen LogP contribution >= 0.6 is 7.26 Å². The third-order valence-corrected chi connectivity index (χ3v) is 9.83. The standard InChI is InChI=1S/C27H32P/c1-2-3-4-5-6-7-17-24-28(25-18-11-8-12-19-25,26-20-13-9-14-21-26)27-22-15-10-16-23-27/h6-16,18-23H,2-5,17,24H2,1H3/q+1/b7-6+. The molecule has 0 aliphatic carbocycles. The average molecular weight is 388 g/mol. The molecule has 0 fully saturated rings. The van der Waals surface area contributed by atoms with Gasteiger partial charge in [0.1, 0.15) is 23.2 Å². The van der Waals surface area contributed by atoms with E-state index in [2.05, 4.69) is 110 Å². The van der Waals surface area contributed by atoms with Crippen LogP contribution in [0.5, 0.6) is 0 Å². The highest BCUT2D eigenvalue weighted by Gasteiger charge is 2.44. The quantitative estimate of drug-likeness (QED) is 0.211. The second-order valence-corrected chi connectivity index (χ2v) is 10.9. The number of allylic oxidation sites excluding steroid dienone is 2. The second-order valence-electron chi connectivity index (χ2n) is 7.30. The van der Waals surface area contributed by atoms with Crippen LogP contribution < -0.4 is 15.9 Å². The molecule has 0 atom stereocenters. The molecular weight excluding hydrogens is 355 g/mol. The lowest BCUT2D eigenvalue weighted by molar-refractivity contribution is 0.728. The normalized spacial score (nSPS) is 11.8. The molecule has 0 aliphatic rings. The third kappa shape index (κ3) is 5.00. The van der Waals surface area contributed by atoms with Crippen LogP contribution in [0, 0.1) is 0 Å².